The highest BCUT2D eigenvalue weighted by molar-refractivity contribution is 6.06. The van der Waals surface area contributed by atoms with Crippen LogP contribution in [0.2, 0.25) is 0 Å². The summed E-state index contributed by atoms with van der Waals surface area (Å²) in [6, 6.07) is -0.881. The standard InChI is InChI=1S/C13H21N3O3/c1-7-4-3-5-8(11(7)14)12(18)15-9-6-10(17)16(2)13(9)19/h7-9,11H,3-6,14H2,1-2H3,(H,15,18). The predicted octanol–water partition coefficient (Wildman–Crippen LogP) is -0.377. The van der Waals surface area contributed by atoms with Gasteiger partial charge in [-0.3, -0.25) is 19.3 Å². The van der Waals surface area contributed by atoms with Crippen molar-refractivity contribution in [1.82, 2.24) is 10.2 Å². The molecule has 3 N–H and O–H groups in total. The van der Waals surface area contributed by atoms with Crippen molar-refractivity contribution in [3.8, 4) is 0 Å². The summed E-state index contributed by atoms with van der Waals surface area (Å²) in [6.07, 6.45) is 2.82. The number of hydrogen-bond acceptors (Lipinski definition) is 4. The van der Waals surface area contributed by atoms with Crippen LogP contribution in [0.4, 0.5) is 0 Å². The van der Waals surface area contributed by atoms with Crippen LogP contribution < -0.4 is 11.1 Å². The minimum Gasteiger partial charge on any atom is -0.343 e. The number of likely N-dealkylation sites (tertiary alicyclic amines) is 1. The molecule has 1 aliphatic carbocycles. The van der Waals surface area contributed by atoms with Crippen molar-refractivity contribution < 1.29 is 14.4 Å². The van der Waals surface area contributed by atoms with Gasteiger partial charge < -0.3 is 11.1 Å². The molecule has 2 fully saturated rings. The third kappa shape index (κ3) is 2.63. The van der Waals surface area contributed by atoms with E-state index < -0.39 is 6.04 Å². The molecule has 4 atom stereocenters. The van der Waals surface area contributed by atoms with Crippen molar-refractivity contribution in [1.29, 1.82) is 0 Å². The van der Waals surface area contributed by atoms with Crippen LogP contribution in [-0.2, 0) is 14.4 Å². The summed E-state index contributed by atoms with van der Waals surface area (Å²) in [4.78, 5) is 36.4. The number of nitrogens with two attached hydrogens (primary N) is 1. The summed E-state index contributed by atoms with van der Waals surface area (Å²) in [5, 5.41) is 2.68. The lowest BCUT2D eigenvalue weighted by Crippen LogP contribution is -2.51. The van der Waals surface area contributed by atoms with Crippen molar-refractivity contribution in [3.63, 3.8) is 0 Å². The van der Waals surface area contributed by atoms with E-state index in [4.69, 9.17) is 5.73 Å². The molecule has 1 saturated heterocycles. The fourth-order valence-electron chi connectivity index (χ4n) is 2.89. The summed E-state index contributed by atoms with van der Waals surface area (Å²) in [7, 11) is 1.44. The Labute approximate surface area is 112 Å². The molecule has 0 aromatic carbocycles. The Hall–Kier alpha value is -1.43. The number of hydrogen-bond donors (Lipinski definition) is 2. The zero-order valence-corrected chi connectivity index (χ0v) is 11.4. The average molecular weight is 267 g/mol. The smallest absolute Gasteiger partial charge is 0.252 e. The summed E-state index contributed by atoms with van der Waals surface area (Å²) in [6.45, 7) is 2.04. The maximum atomic E-state index is 12.2. The van der Waals surface area contributed by atoms with E-state index in [-0.39, 0.29) is 36.1 Å². The Morgan fingerprint density at radius 1 is 1.37 bits per heavy atom. The number of rotatable bonds is 2. The van der Waals surface area contributed by atoms with Crippen molar-refractivity contribution in [3.05, 3.63) is 0 Å². The second-order valence-corrected chi connectivity index (χ2v) is 5.65. The molecule has 0 aromatic rings. The Balaban J connectivity index is 1.98. The van der Waals surface area contributed by atoms with Gasteiger partial charge in [0, 0.05) is 13.1 Å². The Bertz CT molecular complexity index is 410. The van der Waals surface area contributed by atoms with E-state index in [2.05, 4.69) is 5.32 Å². The van der Waals surface area contributed by atoms with Gasteiger partial charge in [-0.1, -0.05) is 13.3 Å². The summed E-state index contributed by atoms with van der Waals surface area (Å²) < 4.78 is 0. The molecule has 3 amide bonds. The van der Waals surface area contributed by atoms with Crippen LogP contribution in [0, 0.1) is 11.8 Å². The van der Waals surface area contributed by atoms with Crippen LogP contribution in [0.15, 0.2) is 0 Å². The van der Waals surface area contributed by atoms with Gasteiger partial charge in [0.05, 0.1) is 12.3 Å². The molecule has 0 aromatic heterocycles. The first-order chi connectivity index (χ1) is 8.91. The zero-order chi connectivity index (χ0) is 14.2. The number of likely N-dealkylation sites (N-methyl/N-ethyl adjacent to an activating group) is 1. The quantitative estimate of drug-likeness (QED) is 0.667. The monoisotopic (exact) mass is 267 g/mol. The van der Waals surface area contributed by atoms with Gasteiger partial charge in [-0.15, -0.1) is 0 Å². The van der Waals surface area contributed by atoms with Gasteiger partial charge in [-0.2, -0.15) is 0 Å². The van der Waals surface area contributed by atoms with Crippen molar-refractivity contribution >= 4 is 17.7 Å². The first-order valence-electron chi connectivity index (χ1n) is 6.78. The molecule has 0 bridgehead atoms. The van der Waals surface area contributed by atoms with Gasteiger partial charge in [-0.05, 0) is 18.8 Å². The molecule has 2 rings (SSSR count). The van der Waals surface area contributed by atoms with Gasteiger partial charge in [0.25, 0.3) is 5.91 Å². The number of amides is 3. The predicted molar refractivity (Wildman–Crippen MR) is 68.8 cm³/mol. The summed E-state index contributed by atoms with van der Waals surface area (Å²) >= 11 is 0. The topological polar surface area (TPSA) is 92.5 Å². The van der Waals surface area contributed by atoms with E-state index in [0.717, 1.165) is 24.2 Å². The molecular weight excluding hydrogens is 246 g/mol. The fraction of sp³-hybridized carbons (Fsp3) is 0.769. The first-order valence-corrected chi connectivity index (χ1v) is 6.78. The minimum absolute atomic E-state index is 0.0542. The van der Waals surface area contributed by atoms with Crippen LogP contribution in [0.25, 0.3) is 0 Å². The molecular formula is C13H21N3O3. The number of carbonyl (C=O) groups is 3. The number of nitrogens with zero attached hydrogens (tertiary/aromatic N) is 1. The second kappa shape index (κ2) is 5.28. The Morgan fingerprint density at radius 2 is 2.05 bits per heavy atom. The van der Waals surface area contributed by atoms with Crippen LogP contribution in [-0.4, -0.2) is 41.8 Å². The summed E-state index contributed by atoms with van der Waals surface area (Å²) in [5.74, 6) is -0.724. The molecule has 4 unspecified atom stereocenters. The van der Waals surface area contributed by atoms with Gasteiger partial charge in [0.2, 0.25) is 11.8 Å². The molecule has 2 aliphatic rings. The zero-order valence-electron chi connectivity index (χ0n) is 11.4. The van der Waals surface area contributed by atoms with E-state index in [9.17, 15) is 14.4 Å². The number of nitrogens with one attached hydrogen (secondary N) is 1. The molecule has 6 heteroatoms. The molecule has 0 spiro atoms. The van der Waals surface area contributed by atoms with E-state index in [1.54, 1.807) is 0 Å². The van der Waals surface area contributed by atoms with Crippen molar-refractivity contribution in [2.24, 2.45) is 17.6 Å². The third-order valence-electron chi connectivity index (χ3n) is 4.33. The lowest BCUT2D eigenvalue weighted by Gasteiger charge is -2.33. The lowest BCUT2D eigenvalue weighted by molar-refractivity contribution is -0.138. The van der Waals surface area contributed by atoms with Gasteiger partial charge >= 0.3 is 0 Å². The average Bonchev–Trinajstić information content (AvgIpc) is 2.60. The van der Waals surface area contributed by atoms with Crippen molar-refractivity contribution in [2.45, 2.75) is 44.7 Å². The molecule has 1 heterocycles. The van der Waals surface area contributed by atoms with Gasteiger partial charge in [0.1, 0.15) is 6.04 Å². The van der Waals surface area contributed by atoms with E-state index >= 15 is 0 Å². The minimum atomic E-state index is -0.713. The normalized spacial score (nSPS) is 35.6. The van der Waals surface area contributed by atoms with Crippen LogP contribution >= 0.6 is 0 Å². The maximum Gasteiger partial charge on any atom is 0.252 e. The van der Waals surface area contributed by atoms with Crippen LogP contribution in [0.1, 0.15) is 32.6 Å². The van der Waals surface area contributed by atoms with Gasteiger partial charge in [-0.25, -0.2) is 0 Å². The molecule has 6 nitrogen and oxygen atoms in total. The SMILES string of the molecule is CC1CCCC(C(=O)NC2CC(=O)N(C)C2=O)C1N. The van der Waals surface area contributed by atoms with E-state index in [0.29, 0.717) is 5.92 Å². The number of carbonyl (C=O) groups excluding carboxylic acids is 3. The Kier molecular flexibility index (Phi) is 3.89. The second-order valence-electron chi connectivity index (χ2n) is 5.65. The van der Waals surface area contributed by atoms with E-state index in [1.165, 1.54) is 7.05 Å². The molecule has 1 aliphatic heterocycles. The maximum absolute atomic E-state index is 12.2. The van der Waals surface area contributed by atoms with Crippen LogP contribution in [0.3, 0.4) is 0 Å². The number of imide groups is 1. The van der Waals surface area contributed by atoms with Gasteiger partial charge in [0.15, 0.2) is 0 Å². The molecule has 1 saturated carbocycles. The van der Waals surface area contributed by atoms with Crippen molar-refractivity contribution in [2.75, 3.05) is 7.05 Å². The van der Waals surface area contributed by atoms with Crippen LogP contribution in [0.5, 0.6) is 0 Å². The fourth-order valence-corrected chi connectivity index (χ4v) is 2.89. The molecule has 0 radical (unpaired) electrons. The third-order valence-corrected chi connectivity index (χ3v) is 4.33. The Morgan fingerprint density at radius 3 is 2.63 bits per heavy atom. The lowest BCUT2D eigenvalue weighted by atomic mass is 9.77. The highest BCUT2D eigenvalue weighted by Crippen LogP contribution is 2.28. The molecule has 106 valence electrons. The summed E-state index contributed by atoms with van der Waals surface area (Å²) in [5.41, 5.74) is 6.06. The highest BCUT2D eigenvalue weighted by atomic mass is 16.2. The molecule has 19 heavy (non-hydrogen) atoms. The largest absolute Gasteiger partial charge is 0.343 e. The first kappa shape index (κ1) is 14.0. The van der Waals surface area contributed by atoms with E-state index in [1.807, 2.05) is 6.92 Å². The highest BCUT2D eigenvalue weighted by Gasteiger charge is 2.40.